The van der Waals surface area contributed by atoms with E-state index in [4.69, 9.17) is 11.6 Å². The van der Waals surface area contributed by atoms with Gasteiger partial charge in [-0.25, -0.2) is 0 Å². The van der Waals surface area contributed by atoms with Gasteiger partial charge in [0.05, 0.1) is 0 Å². The normalized spacial score (nSPS) is 13.0. The van der Waals surface area contributed by atoms with E-state index in [0.29, 0.717) is 6.00 Å². The Morgan fingerprint density at radius 3 is 2.78 bits per heavy atom. The lowest BCUT2D eigenvalue weighted by atomic mass is 10.2. The van der Waals surface area contributed by atoms with Crippen LogP contribution in [0.3, 0.4) is 0 Å². The predicted molar refractivity (Wildman–Crippen MR) is 43.3 cm³/mol. The predicted octanol–water partition coefficient (Wildman–Crippen LogP) is 2.61. The molecule has 0 saturated heterocycles. The lowest BCUT2D eigenvalue weighted by Crippen LogP contribution is -1.73. The standard InChI is InChI=1S/C7H12ClN/c1-3-7(2)4-5-9-6-8/h4-5H,3,6H2,1-2H3/b7-4-,9-5?. The second-order valence-corrected chi connectivity index (χ2v) is 2.06. The monoisotopic (exact) mass is 145 g/mol. The fraction of sp³-hybridized carbons (Fsp3) is 0.571. The van der Waals surface area contributed by atoms with Crippen LogP contribution in [-0.2, 0) is 0 Å². The van der Waals surface area contributed by atoms with Gasteiger partial charge in [-0.3, -0.25) is 4.99 Å². The third kappa shape index (κ3) is 5.57. The maximum atomic E-state index is 5.30. The van der Waals surface area contributed by atoms with Crippen LogP contribution < -0.4 is 0 Å². The third-order valence-corrected chi connectivity index (χ3v) is 1.23. The Bertz CT molecular complexity index is 116. The van der Waals surface area contributed by atoms with Gasteiger partial charge in [0.1, 0.15) is 6.00 Å². The number of hydrogen-bond acceptors (Lipinski definition) is 1. The van der Waals surface area contributed by atoms with E-state index >= 15 is 0 Å². The van der Waals surface area contributed by atoms with Gasteiger partial charge in [0.15, 0.2) is 0 Å². The molecule has 0 aromatic rings. The summed E-state index contributed by atoms with van der Waals surface area (Å²) in [6, 6.07) is 0.355. The molecule has 0 bridgehead atoms. The Morgan fingerprint density at radius 1 is 1.67 bits per heavy atom. The summed E-state index contributed by atoms with van der Waals surface area (Å²) < 4.78 is 0. The zero-order valence-electron chi connectivity index (χ0n) is 5.89. The molecule has 0 N–H and O–H groups in total. The van der Waals surface area contributed by atoms with Crippen molar-refractivity contribution < 1.29 is 0 Å². The van der Waals surface area contributed by atoms with Gasteiger partial charge in [0, 0.05) is 6.21 Å². The first-order chi connectivity index (χ1) is 4.31. The maximum Gasteiger partial charge on any atom is 0.113 e. The molecule has 0 heterocycles. The molecule has 0 spiro atoms. The number of hydrogen-bond donors (Lipinski definition) is 0. The highest BCUT2D eigenvalue weighted by molar-refractivity contribution is 6.18. The van der Waals surface area contributed by atoms with Crippen LogP contribution in [0.25, 0.3) is 0 Å². The highest BCUT2D eigenvalue weighted by Gasteiger charge is 1.77. The summed E-state index contributed by atoms with van der Waals surface area (Å²) in [6.07, 6.45) is 4.79. The molecule has 9 heavy (non-hydrogen) atoms. The first-order valence-corrected chi connectivity index (χ1v) is 3.56. The Kier molecular flexibility index (Phi) is 5.64. The lowest BCUT2D eigenvalue weighted by Gasteiger charge is -1.87. The molecule has 0 aliphatic carbocycles. The van der Waals surface area contributed by atoms with Crippen molar-refractivity contribution in [3.8, 4) is 0 Å². The van der Waals surface area contributed by atoms with E-state index in [9.17, 15) is 0 Å². The number of alkyl halides is 1. The molecule has 0 aromatic heterocycles. The fourth-order valence-electron chi connectivity index (χ4n) is 0.338. The van der Waals surface area contributed by atoms with Crippen molar-refractivity contribution in [2.45, 2.75) is 20.3 Å². The minimum absolute atomic E-state index is 0.355. The summed E-state index contributed by atoms with van der Waals surface area (Å²) in [5.41, 5.74) is 1.32. The smallest absolute Gasteiger partial charge is 0.113 e. The van der Waals surface area contributed by atoms with E-state index in [1.54, 1.807) is 6.21 Å². The van der Waals surface area contributed by atoms with Crippen molar-refractivity contribution in [3.63, 3.8) is 0 Å². The molecule has 0 radical (unpaired) electrons. The number of rotatable bonds is 3. The minimum atomic E-state index is 0.355. The molecule has 0 aromatic carbocycles. The molecule has 1 nitrogen and oxygen atoms in total. The van der Waals surface area contributed by atoms with Crippen molar-refractivity contribution in [1.29, 1.82) is 0 Å². The van der Waals surface area contributed by atoms with E-state index in [1.165, 1.54) is 5.57 Å². The van der Waals surface area contributed by atoms with Crippen LogP contribution in [0.5, 0.6) is 0 Å². The summed E-state index contributed by atoms with van der Waals surface area (Å²) in [5.74, 6) is 0. The number of allylic oxidation sites excluding steroid dienone is 2. The van der Waals surface area contributed by atoms with E-state index in [1.807, 2.05) is 6.08 Å². The molecule has 2 heteroatoms. The maximum absolute atomic E-state index is 5.30. The van der Waals surface area contributed by atoms with Gasteiger partial charge in [-0.05, 0) is 19.4 Å². The van der Waals surface area contributed by atoms with Gasteiger partial charge in [-0.2, -0.15) is 0 Å². The summed E-state index contributed by atoms with van der Waals surface area (Å²) in [7, 11) is 0. The summed E-state index contributed by atoms with van der Waals surface area (Å²) in [5, 5.41) is 0. The van der Waals surface area contributed by atoms with Crippen molar-refractivity contribution in [3.05, 3.63) is 11.6 Å². The van der Waals surface area contributed by atoms with Crippen molar-refractivity contribution in [2.75, 3.05) is 6.00 Å². The third-order valence-electron chi connectivity index (χ3n) is 1.09. The molecule has 0 saturated carbocycles. The molecule has 0 aliphatic heterocycles. The van der Waals surface area contributed by atoms with Crippen LogP contribution in [0, 0.1) is 0 Å². The zero-order chi connectivity index (χ0) is 7.11. The zero-order valence-corrected chi connectivity index (χ0v) is 6.65. The first-order valence-electron chi connectivity index (χ1n) is 3.02. The van der Waals surface area contributed by atoms with E-state index in [0.717, 1.165) is 6.42 Å². The van der Waals surface area contributed by atoms with Gasteiger partial charge in [-0.15, -0.1) is 11.6 Å². The minimum Gasteiger partial charge on any atom is -0.277 e. The van der Waals surface area contributed by atoms with Crippen molar-refractivity contribution >= 4 is 17.8 Å². The second-order valence-electron chi connectivity index (χ2n) is 1.82. The van der Waals surface area contributed by atoms with Crippen LogP contribution in [-0.4, -0.2) is 12.2 Å². The van der Waals surface area contributed by atoms with Gasteiger partial charge < -0.3 is 0 Å². The van der Waals surface area contributed by atoms with Crippen molar-refractivity contribution in [1.82, 2.24) is 0 Å². The molecule has 52 valence electrons. The highest BCUT2D eigenvalue weighted by Crippen LogP contribution is 1.94. The molecule has 0 rings (SSSR count). The van der Waals surface area contributed by atoms with E-state index < -0.39 is 0 Å². The molecule has 0 fully saturated rings. The van der Waals surface area contributed by atoms with Gasteiger partial charge in [0.2, 0.25) is 0 Å². The van der Waals surface area contributed by atoms with E-state index in [-0.39, 0.29) is 0 Å². The summed E-state index contributed by atoms with van der Waals surface area (Å²) in [6.45, 7) is 4.18. The molecule has 0 amide bonds. The largest absolute Gasteiger partial charge is 0.277 e. The molecule has 0 atom stereocenters. The quantitative estimate of drug-likeness (QED) is 0.329. The topological polar surface area (TPSA) is 12.4 Å². The van der Waals surface area contributed by atoms with Crippen LogP contribution in [0.1, 0.15) is 20.3 Å². The van der Waals surface area contributed by atoms with Gasteiger partial charge in [-0.1, -0.05) is 12.5 Å². The van der Waals surface area contributed by atoms with Gasteiger partial charge in [0.25, 0.3) is 0 Å². The SMILES string of the molecule is CC/C(C)=C\C=NCCl. The highest BCUT2D eigenvalue weighted by atomic mass is 35.5. The average Bonchev–Trinajstić information content (AvgIpc) is 1.89. The molecule has 0 unspecified atom stereocenters. The average molecular weight is 146 g/mol. The summed E-state index contributed by atoms with van der Waals surface area (Å²) in [4.78, 5) is 3.82. The van der Waals surface area contributed by atoms with Gasteiger partial charge >= 0.3 is 0 Å². The van der Waals surface area contributed by atoms with Crippen LogP contribution >= 0.6 is 11.6 Å². The number of aliphatic imine (C=N–C) groups is 1. The Balaban J connectivity index is 3.55. The van der Waals surface area contributed by atoms with Crippen LogP contribution in [0.4, 0.5) is 0 Å². The molecule has 0 aliphatic rings. The van der Waals surface area contributed by atoms with Crippen molar-refractivity contribution in [2.24, 2.45) is 4.99 Å². The summed E-state index contributed by atoms with van der Waals surface area (Å²) >= 11 is 5.30. The Labute approximate surface area is 61.4 Å². The number of nitrogens with zero attached hydrogens (tertiary/aromatic N) is 1. The molecular formula is C7H12ClN. The Morgan fingerprint density at radius 2 is 2.33 bits per heavy atom. The van der Waals surface area contributed by atoms with Crippen LogP contribution in [0.15, 0.2) is 16.6 Å². The van der Waals surface area contributed by atoms with Crippen LogP contribution in [0.2, 0.25) is 0 Å². The Hall–Kier alpha value is -0.300. The van der Waals surface area contributed by atoms with E-state index in [2.05, 4.69) is 18.8 Å². The molecular weight excluding hydrogens is 134 g/mol. The number of halogens is 1. The fourth-order valence-corrected chi connectivity index (χ4v) is 0.417. The second kappa shape index (κ2) is 5.83. The lowest BCUT2D eigenvalue weighted by molar-refractivity contribution is 1.10. The first kappa shape index (κ1) is 8.70.